The lowest BCUT2D eigenvalue weighted by atomic mass is 10.1. The molecule has 0 fully saturated rings. The summed E-state index contributed by atoms with van der Waals surface area (Å²) in [4.78, 5) is 19.4. The number of hydrogen-bond acceptors (Lipinski definition) is 3. The number of aromatic amines is 1. The Labute approximate surface area is 128 Å². The van der Waals surface area contributed by atoms with Gasteiger partial charge in [-0.15, -0.1) is 0 Å². The number of fused-ring (bicyclic) bond motifs is 1. The quantitative estimate of drug-likeness (QED) is 0.760. The zero-order valence-corrected chi connectivity index (χ0v) is 12.3. The van der Waals surface area contributed by atoms with E-state index in [4.69, 9.17) is 4.74 Å². The predicted molar refractivity (Wildman–Crippen MR) is 85.1 cm³/mol. The van der Waals surface area contributed by atoms with Gasteiger partial charge in [-0.05, 0) is 24.1 Å². The Morgan fingerprint density at radius 3 is 2.95 bits per heavy atom. The lowest BCUT2D eigenvalue weighted by Crippen LogP contribution is -2.26. The summed E-state index contributed by atoms with van der Waals surface area (Å²) >= 11 is 0. The highest BCUT2D eigenvalue weighted by molar-refractivity contribution is 5.92. The molecule has 0 radical (unpaired) electrons. The highest BCUT2D eigenvalue weighted by Gasteiger charge is 2.08. The molecule has 0 saturated heterocycles. The van der Waals surface area contributed by atoms with E-state index in [1.54, 1.807) is 18.2 Å². The normalized spacial score (nSPS) is 10.6. The molecular weight excluding hydrogens is 278 g/mol. The van der Waals surface area contributed by atoms with Gasteiger partial charge in [-0.25, -0.2) is 4.98 Å². The maximum absolute atomic E-state index is 12.1. The Balaban J connectivity index is 1.61. The number of nitrogens with zero attached hydrogens (tertiary/aromatic N) is 1. The molecule has 0 aliphatic carbocycles. The van der Waals surface area contributed by atoms with Gasteiger partial charge < -0.3 is 15.0 Å². The van der Waals surface area contributed by atoms with E-state index in [-0.39, 0.29) is 5.91 Å². The van der Waals surface area contributed by atoms with E-state index in [1.165, 1.54) is 18.1 Å². The third kappa shape index (κ3) is 2.93. The van der Waals surface area contributed by atoms with Crippen LogP contribution in [0.3, 0.4) is 0 Å². The number of para-hydroxylation sites is 1. The number of aromatic nitrogens is 2. The summed E-state index contributed by atoms with van der Waals surface area (Å²) in [6.07, 6.45) is 2.75. The minimum atomic E-state index is -0.196. The summed E-state index contributed by atoms with van der Waals surface area (Å²) < 4.78 is 5.02. The summed E-state index contributed by atoms with van der Waals surface area (Å²) in [5, 5.41) is 4.07. The molecule has 0 unspecified atom stereocenters. The lowest BCUT2D eigenvalue weighted by Gasteiger charge is -2.05. The molecule has 0 bridgehead atoms. The van der Waals surface area contributed by atoms with Crippen molar-refractivity contribution in [3.63, 3.8) is 0 Å². The van der Waals surface area contributed by atoms with E-state index in [1.807, 2.05) is 24.4 Å². The molecule has 1 amide bonds. The van der Waals surface area contributed by atoms with Crippen molar-refractivity contribution < 1.29 is 9.53 Å². The number of rotatable bonds is 5. The van der Waals surface area contributed by atoms with Gasteiger partial charge in [0.2, 0.25) is 5.88 Å². The third-order valence-corrected chi connectivity index (χ3v) is 3.52. The standard InChI is InChI=1S/C17H17N3O2/c1-22-16-8-4-7-15(20-16)17(21)18-10-9-12-11-19-14-6-3-2-5-13(12)14/h2-8,11,19H,9-10H2,1H3,(H,18,21). The average Bonchev–Trinajstić information content (AvgIpc) is 2.98. The summed E-state index contributed by atoms with van der Waals surface area (Å²) in [6.45, 7) is 0.555. The van der Waals surface area contributed by atoms with Crippen molar-refractivity contribution in [3.05, 3.63) is 59.9 Å². The third-order valence-electron chi connectivity index (χ3n) is 3.52. The number of pyridine rings is 1. The Morgan fingerprint density at radius 2 is 2.09 bits per heavy atom. The fourth-order valence-electron chi connectivity index (χ4n) is 2.39. The van der Waals surface area contributed by atoms with Gasteiger partial charge in [-0.2, -0.15) is 0 Å². The molecule has 3 rings (SSSR count). The largest absolute Gasteiger partial charge is 0.481 e. The van der Waals surface area contributed by atoms with Gasteiger partial charge in [-0.3, -0.25) is 4.79 Å². The van der Waals surface area contributed by atoms with Crippen molar-refractivity contribution in [2.45, 2.75) is 6.42 Å². The second kappa shape index (κ2) is 6.30. The summed E-state index contributed by atoms with van der Waals surface area (Å²) in [7, 11) is 1.53. The Bertz CT molecular complexity index is 795. The number of amides is 1. The first kappa shape index (κ1) is 14.1. The molecule has 22 heavy (non-hydrogen) atoms. The zero-order valence-electron chi connectivity index (χ0n) is 12.3. The zero-order chi connectivity index (χ0) is 15.4. The molecule has 0 spiro atoms. The Kier molecular flexibility index (Phi) is 4.05. The molecule has 0 atom stereocenters. The molecule has 5 nitrogen and oxygen atoms in total. The van der Waals surface area contributed by atoms with Crippen LogP contribution in [0.5, 0.6) is 5.88 Å². The van der Waals surface area contributed by atoms with E-state index in [2.05, 4.69) is 21.4 Å². The minimum Gasteiger partial charge on any atom is -0.481 e. The van der Waals surface area contributed by atoms with E-state index >= 15 is 0 Å². The van der Waals surface area contributed by atoms with Crippen LogP contribution in [0.25, 0.3) is 10.9 Å². The van der Waals surface area contributed by atoms with Crippen molar-refractivity contribution in [2.75, 3.05) is 13.7 Å². The van der Waals surface area contributed by atoms with Crippen LogP contribution in [0.15, 0.2) is 48.7 Å². The van der Waals surface area contributed by atoms with Crippen LogP contribution in [0.4, 0.5) is 0 Å². The molecule has 1 aromatic carbocycles. The van der Waals surface area contributed by atoms with Crippen LogP contribution in [-0.4, -0.2) is 29.5 Å². The van der Waals surface area contributed by atoms with E-state index in [0.29, 0.717) is 18.1 Å². The Morgan fingerprint density at radius 1 is 1.23 bits per heavy atom. The first-order valence-electron chi connectivity index (χ1n) is 7.12. The molecule has 0 aliphatic heterocycles. The number of nitrogens with one attached hydrogen (secondary N) is 2. The first-order chi connectivity index (χ1) is 10.8. The topological polar surface area (TPSA) is 67.0 Å². The monoisotopic (exact) mass is 295 g/mol. The van der Waals surface area contributed by atoms with E-state index in [9.17, 15) is 4.79 Å². The second-order valence-electron chi connectivity index (χ2n) is 4.93. The van der Waals surface area contributed by atoms with Gasteiger partial charge in [-0.1, -0.05) is 24.3 Å². The Hall–Kier alpha value is -2.82. The van der Waals surface area contributed by atoms with Gasteiger partial charge in [0.15, 0.2) is 0 Å². The highest BCUT2D eigenvalue weighted by atomic mass is 16.5. The van der Waals surface area contributed by atoms with E-state index < -0.39 is 0 Å². The summed E-state index contributed by atoms with van der Waals surface area (Å²) in [5.74, 6) is 0.239. The van der Waals surface area contributed by atoms with Gasteiger partial charge in [0.25, 0.3) is 5.91 Å². The van der Waals surface area contributed by atoms with E-state index in [0.717, 1.165) is 11.9 Å². The van der Waals surface area contributed by atoms with Gasteiger partial charge >= 0.3 is 0 Å². The maximum Gasteiger partial charge on any atom is 0.270 e. The number of benzene rings is 1. The molecule has 0 aliphatic rings. The lowest BCUT2D eigenvalue weighted by molar-refractivity contribution is 0.0948. The van der Waals surface area contributed by atoms with Crippen molar-refractivity contribution in [3.8, 4) is 5.88 Å². The van der Waals surface area contributed by atoms with Crippen molar-refractivity contribution in [2.24, 2.45) is 0 Å². The molecule has 2 heterocycles. The van der Waals surface area contributed by atoms with Gasteiger partial charge in [0.1, 0.15) is 5.69 Å². The first-order valence-corrected chi connectivity index (χ1v) is 7.12. The average molecular weight is 295 g/mol. The van der Waals surface area contributed by atoms with Crippen molar-refractivity contribution in [1.82, 2.24) is 15.3 Å². The number of carbonyl (C=O) groups excluding carboxylic acids is 1. The molecule has 2 aromatic heterocycles. The van der Waals surface area contributed by atoms with Crippen LogP contribution >= 0.6 is 0 Å². The van der Waals surface area contributed by atoms with Crippen molar-refractivity contribution >= 4 is 16.8 Å². The summed E-state index contributed by atoms with van der Waals surface area (Å²) in [6, 6.07) is 13.3. The number of hydrogen-bond donors (Lipinski definition) is 2. The van der Waals surface area contributed by atoms with Gasteiger partial charge in [0.05, 0.1) is 7.11 Å². The maximum atomic E-state index is 12.1. The fourth-order valence-corrected chi connectivity index (χ4v) is 2.39. The van der Waals surface area contributed by atoms with Crippen LogP contribution in [0, 0.1) is 0 Å². The summed E-state index contributed by atoms with van der Waals surface area (Å²) in [5.41, 5.74) is 2.66. The second-order valence-corrected chi connectivity index (χ2v) is 4.93. The number of H-pyrrole nitrogens is 1. The van der Waals surface area contributed by atoms with Crippen molar-refractivity contribution in [1.29, 1.82) is 0 Å². The van der Waals surface area contributed by atoms with Crippen LogP contribution < -0.4 is 10.1 Å². The van der Waals surface area contributed by atoms with Gasteiger partial charge in [0, 0.05) is 29.7 Å². The molecular formula is C17H17N3O2. The van der Waals surface area contributed by atoms with Crippen LogP contribution in [0.1, 0.15) is 16.1 Å². The highest BCUT2D eigenvalue weighted by Crippen LogP contribution is 2.17. The fraction of sp³-hybridized carbons (Fsp3) is 0.176. The number of ether oxygens (including phenoxy) is 1. The molecule has 112 valence electrons. The molecule has 0 saturated carbocycles. The predicted octanol–water partition coefficient (Wildman–Crippen LogP) is 2.54. The van der Waals surface area contributed by atoms with Crippen LogP contribution in [0.2, 0.25) is 0 Å². The molecule has 3 aromatic rings. The number of methoxy groups -OCH3 is 1. The SMILES string of the molecule is COc1cccc(C(=O)NCCc2c[nH]c3ccccc23)n1. The minimum absolute atomic E-state index is 0.196. The smallest absolute Gasteiger partial charge is 0.270 e. The molecule has 5 heteroatoms. The van der Waals surface area contributed by atoms with Crippen LogP contribution in [-0.2, 0) is 6.42 Å². The number of carbonyl (C=O) groups is 1. The molecule has 2 N–H and O–H groups in total.